The van der Waals surface area contributed by atoms with Crippen molar-refractivity contribution < 1.29 is 19.1 Å². The third kappa shape index (κ3) is 3.70. The Kier molecular flexibility index (Phi) is 5.35. The molecule has 104 valence electrons. The predicted molar refractivity (Wildman–Crippen MR) is 66.1 cm³/mol. The van der Waals surface area contributed by atoms with Crippen molar-refractivity contribution in [2.75, 3.05) is 14.2 Å². The minimum atomic E-state index is -0.599. The van der Waals surface area contributed by atoms with Crippen molar-refractivity contribution >= 4 is 11.9 Å². The quantitative estimate of drug-likeness (QED) is 0.349. The van der Waals surface area contributed by atoms with E-state index < -0.39 is 24.2 Å². The average Bonchev–Trinajstić information content (AvgIpc) is 2.39. The number of esters is 1. The van der Waals surface area contributed by atoms with Crippen LogP contribution in [0.5, 0.6) is 0 Å². The first-order chi connectivity index (χ1) is 9.03. The second kappa shape index (κ2) is 6.77. The van der Waals surface area contributed by atoms with Gasteiger partial charge in [-0.05, 0) is 18.0 Å². The Morgan fingerprint density at radius 3 is 2.68 bits per heavy atom. The Hall–Kier alpha value is -2.05. The molecule has 0 aromatic heterocycles. The molecular formula is C11H16N4O4. The molecule has 0 aromatic carbocycles. The highest BCUT2D eigenvalue weighted by atomic mass is 16.5. The van der Waals surface area contributed by atoms with Crippen LogP contribution in [0.2, 0.25) is 0 Å². The van der Waals surface area contributed by atoms with E-state index in [1.54, 1.807) is 6.08 Å². The lowest BCUT2D eigenvalue weighted by Gasteiger charge is -2.33. The molecule has 1 aliphatic carbocycles. The van der Waals surface area contributed by atoms with Gasteiger partial charge >= 0.3 is 5.97 Å². The molecule has 1 rings (SSSR count). The molecule has 0 bridgehead atoms. The lowest BCUT2D eigenvalue weighted by molar-refractivity contribution is -0.136. The molecule has 0 fully saturated rings. The van der Waals surface area contributed by atoms with Gasteiger partial charge in [0.15, 0.2) is 0 Å². The van der Waals surface area contributed by atoms with Gasteiger partial charge in [0.25, 0.3) is 0 Å². The van der Waals surface area contributed by atoms with Crippen molar-refractivity contribution in [2.45, 2.75) is 31.5 Å². The number of hydrogen-bond donors (Lipinski definition) is 1. The molecule has 8 heteroatoms. The number of carbonyl (C=O) groups excluding carboxylic acids is 2. The molecule has 1 N–H and O–H groups in total. The van der Waals surface area contributed by atoms with Gasteiger partial charge in [-0.2, -0.15) is 0 Å². The smallest absolute Gasteiger partial charge is 0.333 e. The molecule has 0 saturated heterocycles. The maximum Gasteiger partial charge on any atom is 0.333 e. The Labute approximate surface area is 110 Å². The third-order valence-corrected chi connectivity index (χ3v) is 2.85. The monoisotopic (exact) mass is 268 g/mol. The summed E-state index contributed by atoms with van der Waals surface area (Å²) in [6.45, 7) is 1.36. The molecule has 1 amide bonds. The second-order valence-corrected chi connectivity index (χ2v) is 4.09. The van der Waals surface area contributed by atoms with E-state index in [4.69, 9.17) is 10.3 Å². The highest BCUT2D eigenvalue weighted by Crippen LogP contribution is 2.24. The summed E-state index contributed by atoms with van der Waals surface area (Å²) in [4.78, 5) is 25.5. The van der Waals surface area contributed by atoms with Gasteiger partial charge in [-0.15, -0.1) is 0 Å². The molecule has 0 spiro atoms. The van der Waals surface area contributed by atoms with E-state index in [1.165, 1.54) is 21.1 Å². The number of methoxy groups -OCH3 is 2. The van der Waals surface area contributed by atoms with Crippen molar-refractivity contribution in [1.29, 1.82) is 0 Å². The Morgan fingerprint density at radius 2 is 2.21 bits per heavy atom. The maximum atomic E-state index is 11.5. The first kappa shape index (κ1) is 15.0. The predicted octanol–water partition coefficient (Wildman–Crippen LogP) is 0.688. The van der Waals surface area contributed by atoms with Crippen LogP contribution in [0.25, 0.3) is 10.4 Å². The number of rotatable bonds is 4. The number of azide groups is 1. The van der Waals surface area contributed by atoms with Crippen LogP contribution in [-0.2, 0) is 19.1 Å². The van der Waals surface area contributed by atoms with Gasteiger partial charge in [-0.3, -0.25) is 4.79 Å². The minimum Gasteiger partial charge on any atom is -0.466 e. The number of amides is 1. The summed E-state index contributed by atoms with van der Waals surface area (Å²) in [6.07, 6.45) is 1.22. The minimum absolute atomic E-state index is 0.196. The summed E-state index contributed by atoms with van der Waals surface area (Å²) >= 11 is 0. The maximum absolute atomic E-state index is 11.5. The molecule has 0 heterocycles. The van der Waals surface area contributed by atoms with E-state index in [9.17, 15) is 9.59 Å². The fourth-order valence-electron chi connectivity index (χ4n) is 2.03. The van der Waals surface area contributed by atoms with E-state index in [-0.39, 0.29) is 12.3 Å². The van der Waals surface area contributed by atoms with Gasteiger partial charge in [-0.1, -0.05) is 5.11 Å². The molecule has 1 aliphatic rings. The molecule has 0 aliphatic heterocycles. The fourth-order valence-corrected chi connectivity index (χ4v) is 2.03. The topological polar surface area (TPSA) is 113 Å². The normalized spacial score (nSPS) is 25.8. The van der Waals surface area contributed by atoms with Crippen LogP contribution in [0, 0.1) is 0 Å². The van der Waals surface area contributed by atoms with Crippen LogP contribution in [0.3, 0.4) is 0 Å². The van der Waals surface area contributed by atoms with E-state index in [2.05, 4.69) is 20.1 Å². The van der Waals surface area contributed by atoms with Crippen LogP contribution < -0.4 is 5.32 Å². The summed E-state index contributed by atoms with van der Waals surface area (Å²) < 4.78 is 9.86. The molecule has 0 saturated carbocycles. The third-order valence-electron chi connectivity index (χ3n) is 2.85. The Bertz CT molecular complexity index is 442. The van der Waals surface area contributed by atoms with E-state index in [1.807, 2.05) is 0 Å². The van der Waals surface area contributed by atoms with Crippen LogP contribution in [0.4, 0.5) is 0 Å². The molecular weight excluding hydrogens is 252 g/mol. The number of hydrogen-bond acceptors (Lipinski definition) is 5. The zero-order valence-electron chi connectivity index (χ0n) is 11.0. The summed E-state index contributed by atoms with van der Waals surface area (Å²) in [6, 6.07) is -1.11. The van der Waals surface area contributed by atoms with Crippen molar-refractivity contribution in [2.24, 2.45) is 5.11 Å². The van der Waals surface area contributed by atoms with E-state index in [0.29, 0.717) is 5.57 Å². The number of carbonyl (C=O) groups is 2. The number of ether oxygens (including phenoxy) is 2. The SMILES string of the molecule is COC(=O)C1=CC(OC)C(NC(C)=O)C(N=[N+]=[N-])C1. The summed E-state index contributed by atoms with van der Waals surface area (Å²) in [5, 5.41) is 6.29. The first-order valence-corrected chi connectivity index (χ1v) is 5.66. The molecule has 0 radical (unpaired) electrons. The van der Waals surface area contributed by atoms with Crippen molar-refractivity contribution in [3.63, 3.8) is 0 Å². The van der Waals surface area contributed by atoms with Gasteiger partial charge < -0.3 is 14.8 Å². The van der Waals surface area contributed by atoms with E-state index in [0.717, 1.165) is 0 Å². The van der Waals surface area contributed by atoms with Gasteiger partial charge in [0.05, 0.1) is 25.3 Å². The van der Waals surface area contributed by atoms with Gasteiger partial charge in [-0.25, -0.2) is 4.79 Å². The Morgan fingerprint density at radius 1 is 1.53 bits per heavy atom. The van der Waals surface area contributed by atoms with Crippen molar-refractivity contribution in [3.05, 3.63) is 22.1 Å². The van der Waals surface area contributed by atoms with Crippen molar-refractivity contribution in [1.82, 2.24) is 5.32 Å². The van der Waals surface area contributed by atoms with E-state index >= 15 is 0 Å². The van der Waals surface area contributed by atoms with Crippen LogP contribution >= 0.6 is 0 Å². The van der Waals surface area contributed by atoms with Crippen LogP contribution in [0.1, 0.15) is 13.3 Å². The van der Waals surface area contributed by atoms with Crippen molar-refractivity contribution in [3.8, 4) is 0 Å². The average molecular weight is 268 g/mol. The molecule has 0 aromatic rings. The highest BCUT2D eigenvalue weighted by Gasteiger charge is 2.35. The number of nitrogens with one attached hydrogen (secondary N) is 1. The van der Waals surface area contributed by atoms with Gasteiger partial charge in [0.2, 0.25) is 5.91 Å². The summed E-state index contributed by atoms with van der Waals surface area (Å²) in [5.41, 5.74) is 8.95. The second-order valence-electron chi connectivity index (χ2n) is 4.09. The largest absolute Gasteiger partial charge is 0.466 e. The van der Waals surface area contributed by atoms with Gasteiger partial charge in [0, 0.05) is 24.5 Å². The Balaban J connectivity index is 3.07. The first-order valence-electron chi connectivity index (χ1n) is 5.66. The fraction of sp³-hybridized carbons (Fsp3) is 0.636. The van der Waals surface area contributed by atoms with Gasteiger partial charge in [0.1, 0.15) is 0 Å². The number of nitrogens with zero attached hydrogens (tertiary/aromatic N) is 3. The summed E-state index contributed by atoms with van der Waals surface area (Å²) in [7, 11) is 2.72. The van der Waals surface area contributed by atoms with Crippen LogP contribution in [-0.4, -0.2) is 44.3 Å². The highest BCUT2D eigenvalue weighted by molar-refractivity contribution is 5.89. The summed E-state index contributed by atoms with van der Waals surface area (Å²) in [5.74, 6) is -0.762. The molecule has 19 heavy (non-hydrogen) atoms. The zero-order chi connectivity index (χ0) is 14.4. The standard InChI is InChI=1S/C11H16N4O4/c1-6(16)13-10-8(14-15-12)4-7(11(17)19-3)5-9(10)18-2/h5,8-10H,4H2,1-3H3,(H,13,16). The zero-order valence-corrected chi connectivity index (χ0v) is 11.0. The van der Waals surface area contributed by atoms with Crippen LogP contribution in [0.15, 0.2) is 16.8 Å². The lowest BCUT2D eigenvalue weighted by Crippen LogP contribution is -2.52. The lowest BCUT2D eigenvalue weighted by atomic mass is 9.88. The molecule has 3 unspecified atom stereocenters. The molecule has 3 atom stereocenters. The molecule has 8 nitrogen and oxygen atoms in total.